The van der Waals surface area contributed by atoms with Crippen molar-refractivity contribution in [1.82, 2.24) is 4.98 Å². The summed E-state index contributed by atoms with van der Waals surface area (Å²) in [5.41, 5.74) is 15.7. The average Bonchev–Trinajstić information content (AvgIpc) is 3.68. The van der Waals surface area contributed by atoms with E-state index in [4.69, 9.17) is 4.42 Å². The van der Waals surface area contributed by atoms with Gasteiger partial charge >= 0.3 is 0 Å². The third kappa shape index (κ3) is 3.18. The van der Waals surface area contributed by atoms with Crippen LogP contribution in [0.4, 0.5) is 17.1 Å². The molecule has 0 unspecified atom stereocenters. The molecule has 0 fully saturated rings. The molecular formula is C43H29BN2O. The van der Waals surface area contributed by atoms with Gasteiger partial charge in [-0.05, 0) is 45.7 Å². The molecule has 11 rings (SSSR count). The average molecular weight is 601 g/mol. The SMILES string of the molecule is CC1(C)c2ccccc2N2c3c(cccc31)Bc1c(-c3cccc4c3[nH]c3c5ccccc5ccc43)cc3oc4ccccc4c3c12. The first kappa shape index (κ1) is 25.5. The van der Waals surface area contributed by atoms with E-state index >= 15 is 0 Å². The maximum absolute atomic E-state index is 6.73. The molecular weight excluding hydrogens is 571 g/mol. The highest BCUT2D eigenvalue weighted by molar-refractivity contribution is 6.74. The van der Waals surface area contributed by atoms with Gasteiger partial charge < -0.3 is 14.3 Å². The summed E-state index contributed by atoms with van der Waals surface area (Å²) in [6.07, 6.45) is 0. The zero-order chi connectivity index (χ0) is 31.0. The Hall–Kier alpha value is -5.74. The van der Waals surface area contributed by atoms with Crippen LogP contribution in [0.1, 0.15) is 25.0 Å². The number of hydrogen-bond donors (Lipinski definition) is 1. The highest BCUT2D eigenvalue weighted by Gasteiger charge is 2.42. The Morgan fingerprint density at radius 2 is 1.34 bits per heavy atom. The monoisotopic (exact) mass is 600 g/mol. The summed E-state index contributed by atoms with van der Waals surface area (Å²) in [5, 5.41) is 7.32. The molecule has 0 spiro atoms. The van der Waals surface area contributed by atoms with Gasteiger partial charge in [0.15, 0.2) is 7.28 Å². The molecule has 7 aromatic carbocycles. The number of aromatic nitrogens is 1. The van der Waals surface area contributed by atoms with Crippen molar-refractivity contribution in [3.8, 4) is 11.1 Å². The highest BCUT2D eigenvalue weighted by atomic mass is 16.3. The summed E-state index contributed by atoms with van der Waals surface area (Å²) < 4.78 is 6.73. The van der Waals surface area contributed by atoms with Crippen molar-refractivity contribution in [3.63, 3.8) is 0 Å². The van der Waals surface area contributed by atoms with E-state index in [-0.39, 0.29) is 5.41 Å². The number of fused-ring (bicyclic) bond motifs is 13. The first-order valence-electron chi connectivity index (χ1n) is 16.5. The van der Waals surface area contributed by atoms with Crippen molar-refractivity contribution in [3.05, 3.63) is 139 Å². The first-order chi connectivity index (χ1) is 23.1. The van der Waals surface area contributed by atoms with Crippen LogP contribution in [0.15, 0.2) is 132 Å². The maximum Gasteiger partial charge on any atom is 0.198 e. The van der Waals surface area contributed by atoms with Gasteiger partial charge in [-0.25, -0.2) is 0 Å². The normalized spacial score (nSPS) is 14.5. The number of hydrogen-bond acceptors (Lipinski definition) is 2. The molecule has 2 aliphatic rings. The fraction of sp³-hybridized carbons (Fsp3) is 0.0698. The minimum atomic E-state index is -0.121. The zero-order valence-electron chi connectivity index (χ0n) is 26.2. The summed E-state index contributed by atoms with van der Waals surface area (Å²) in [6.45, 7) is 4.74. The van der Waals surface area contributed by atoms with E-state index in [1.54, 1.807) is 0 Å². The molecule has 0 bridgehead atoms. The first-order valence-corrected chi connectivity index (χ1v) is 16.5. The lowest BCUT2D eigenvalue weighted by Crippen LogP contribution is -2.45. The summed E-state index contributed by atoms with van der Waals surface area (Å²) in [7, 11) is 0.845. The third-order valence-corrected chi connectivity index (χ3v) is 11.0. The second-order valence-electron chi connectivity index (χ2n) is 13.8. The van der Waals surface area contributed by atoms with Crippen LogP contribution >= 0.6 is 0 Å². The second-order valence-corrected chi connectivity index (χ2v) is 13.8. The van der Waals surface area contributed by atoms with E-state index in [2.05, 4.69) is 151 Å². The summed E-state index contributed by atoms with van der Waals surface area (Å²) in [5.74, 6) is 0. The largest absolute Gasteiger partial charge is 0.456 e. The summed E-state index contributed by atoms with van der Waals surface area (Å²) >= 11 is 0. The number of para-hydroxylation sites is 4. The predicted molar refractivity (Wildman–Crippen MR) is 199 cm³/mol. The van der Waals surface area contributed by atoms with Gasteiger partial charge in [-0.15, -0.1) is 0 Å². The second kappa shape index (κ2) is 8.74. The van der Waals surface area contributed by atoms with Crippen molar-refractivity contribution in [2.45, 2.75) is 19.3 Å². The van der Waals surface area contributed by atoms with Crippen LogP contribution in [0.25, 0.3) is 65.6 Å². The third-order valence-electron chi connectivity index (χ3n) is 11.0. The van der Waals surface area contributed by atoms with Crippen LogP contribution in [0.2, 0.25) is 0 Å². The van der Waals surface area contributed by atoms with Gasteiger partial charge in [-0.1, -0.05) is 129 Å². The van der Waals surface area contributed by atoms with Gasteiger partial charge in [-0.3, -0.25) is 0 Å². The van der Waals surface area contributed by atoms with Gasteiger partial charge in [0, 0.05) is 38.2 Å². The molecule has 0 radical (unpaired) electrons. The number of H-pyrrole nitrogens is 1. The van der Waals surface area contributed by atoms with Crippen LogP contribution in [-0.2, 0) is 5.41 Å². The van der Waals surface area contributed by atoms with Crippen LogP contribution in [0.5, 0.6) is 0 Å². The van der Waals surface area contributed by atoms with Crippen LogP contribution in [-0.4, -0.2) is 12.3 Å². The van der Waals surface area contributed by atoms with Gasteiger partial charge in [0.1, 0.15) is 11.2 Å². The molecule has 0 aliphatic carbocycles. The van der Waals surface area contributed by atoms with Gasteiger partial charge in [0.05, 0.1) is 27.8 Å². The van der Waals surface area contributed by atoms with Crippen molar-refractivity contribution in [2.75, 3.05) is 4.90 Å². The van der Waals surface area contributed by atoms with Crippen molar-refractivity contribution in [2.24, 2.45) is 0 Å². The summed E-state index contributed by atoms with van der Waals surface area (Å²) in [6, 6.07) is 46.6. The quantitative estimate of drug-likeness (QED) is 0.190. The Balaban J connectivity index is 1.30. The molecule has 47 heavy (non-hydrogen) atoms. The maximum atomic E-state index is 6.73. The van der Waals surface area contributed by atoms with Gasteiger partial charge in [0.2, 0.25) is 0 Å². The molecule has 2 aromatic heterocycles. The molecule has 1 N–H and O–H groups in total. The summed E-state index contributed by atoms with van der Waals surface area (Å²) in [4.78, 5) is 6.48. The molecule has 3 nitrogen and oxygen atoms in total. The molecule has 0 amide bonds. The van der Waals surface area contributed by atoms with E-state index in [1.807, 2.05) is 0 Å². The molecule has 0 saturated heterocycles. The lowest BCUT2D eigenvalue weighted by atomic mass is 9.55. The number of aromatic amines is 1. The molecule has 4 heteroatoms. The van der Waals surface area contributed by atoms with Crippen molar-refractivity contribution >= 4 is 89.8 Å². The molecule has 220 valence electrons. The van der Waals surface area contributed by atoms with Crippen LogP contribution in [0, 0.1) is 0 Å². The van der Waals surface area contributed by atoms with Crippen LogP contribution < -0.4 is 15.8 Å². The Morgan fingerprint density at radius 3 is 2.28 bits per heavy atom. The lowest BCUT2D eigenvalue weighted by molar-refractivity contribution is 0.632. The van der Waals surface area contributed by atoms with Gasteiger partial charge in [0.25, 0.3) is 0 Å². The van der Waals surface area contributed by atoms with Crippen molar-refractivity contribution in [1.29, 1.82) is 0 Å². The Bertz CT molecular complexity index is 2820. The van der Waals surface area contributed by atoms with E-state index < -0.39 is 0 Å². The van der Waals surface area contributed by atoms with Crippen LogP contribution in [0.3, 0.4) is 0 Å². The zero-order valence-corrected chi connectivity index (χ0v) is 26.2. The fourth-order valence-electron chi connectivity index (χ4n) is 8.85. The van der Waals surface area contributed by atoms with Crippen molar-refractivity contribution < 1.29 is 4.42 Å². The number of furan rings is 1. The minimum Gasteiger partial charge on any atom is -0.456 e. The standard InChI is InChI=1S/C43H29BN2O/c1-43(2)31-16-6-7-19-34(31)46-41-32(43)17-10-18-33(41)44-38-30(23-36-37(42(38)46)29-13-5-8-20-35(29)47-36)27-15-9-14-26-28-22-21-24-11-3-4-12-25(24)39(28)45-40(26)27/h3-23,44-45H,1-2H3. The molecule has 4 heterocycles. The smallest absolute Gasteiger partial charge is 0.198 e. The molecule has 0 atom stereocenters. The number of nitrogens with zero attached hydrogens (tertiary/aromatic N) is 1. The fourth-order valence-corrected chi connectivity index (χ4v) is 8.85. The molecule has 2 aliphatic heterocycles. The van der Waals surface area contributed by atoms with E-state index in [0.29, 0.717) is 0 Å². The number of benzene rings is 7. The predicted octanol–water partition coefficient (Wildman–Crippen LogP) is 9.85. The Kier molecular flexibility index (Phi) is 4.74. The van der Waals surface area contributed by atoms with E-state index in [1.165, 1.54) is 82.7 Å². The number of rotatable bonds is 1. The Morgan fingerprint density at radius 1 is 0.596 bits per heavy atom. The topological polar surface area (TPSA) is 32.2 Å². The minimum absolute atomic E-state index is 0.121. The number of anilines is 3. The lowest BCUT2D eigenvalue weighted by Gasteiger charge is -2.46. The van der Waals surface area contributed by atoms with E-state index in [0.717, 1.165) is 29.3 Å². The van der Waals surface area contributed by atoms with Gasteiger partial charge in [-0.2, -0.15) is 0 Å². The number of nitrogens with one attached hydrogen (secondary N) is 1. The van der Waals surface area contributed by atoms with E-state index in [9.17, 15) is 0 Å². The molecule has 0 saturated carbocycles. The Labute approximate surface area is 272 Å². The highest BCUT2D eigenvalue weighted by Crippen LogP contribution is 2.54. The molecule has 9 aromatic rings.